The summed E-state index contributed by atoms with van der Waals surface area (Å²) in [5.41, 5.74) is 2.94. The Hall–Kier alpha value is -2.48. The van der Waals surface area contributed by atoms with Crippen LogP contribution in [0.2, 0.25) is 5.02 Å². The maximum Gasteiger partial charge on any atom is 0.344 e. The van der Waals surface area contributed by atoms with Crippen LogP contribution in [-0.4, -0.2) is 42.7 Å². The van der Waals surface area contributed by atoms with Crippen LogP contribution in [0.1, 0.15) is 25.3 Å². The van der Waals surface area contributed by atoms with Crippen LogP contribution >= 0.6 is 23.4 Å². The molecule has 0 amide bonds. The SMILES string of the molecule is O=c1[nH]c2ccc(Cl)cc2n1CCCN1CCCC(n2c(=O)n(Cl)c3ccccc32)C1. The highest BCUT2D eigenvalue weighted by molar-refractivity contribution is 6.31. The van der Waals surface area contributed by atoms with E-state index < -0.39 is 0 Å². The standard InChI is InChI=1S/C22H23Cl2N5O2/c23-15-8-9-17-20(13-15)27(21(30)25-17)12-4-11-26-10-3-5-16(14-26)28-18-6-1-2-7-19(18)29(24)22(28)31/h1-2,6-9,13,16H,3-5,10-12,14H2,(H,25,30). The molecular weight excluding hydrogens is 437 g/mol. The molecule has 0 saturated carbocycles. The van der Waals surface area contributed by atoms with E-state index in [1.54, 1.807) is 10.6 Å². The van der Waals surface area contributed by atoms with Crippen molar-refractivity contribution in [3.63, 3.8) is 0 Å². The molecule has 31 heavy (non-hydrogen) atoms. The Morgan fingerprint density at radius 1 is 1.03 bits per heavy atom. The number of rotatable bonds is 5. The van der Waals surface area contributed by atoms with Crippen LogP contribution in [0.5, 0.6) is 0 Å². The van der Waals surface area contributed by atoms with E-state index in [2.05, 4.69) is 9.88 Å². The fourth-order valence-electron chi connectivity index (χ4n) is 4.73. The van der Waals surface area contributed by atoms with Crippen LogP contribution in [0.3, 0.4) is 0 Å². The number of imidazole rings is 2. The second-order valence-electron chi connectivity index (χ2n) is 8.12. The normalized spacial score (nSPS) is 17.7. The van der Waals surface area contributed by atoms with Crippen LogP contribution in [0, 0.1) is 0 Å². The van der Waals surface area contributed by atoms with Gasteiger partial charge in [-0.3, -0.25) is 9.13 Å². The number of fused-ring (bicyclic) bond motifs is 2. The predicted molar refractivity (Wildman–Crippen MR) is 124 cm³/mol. The molecule has 2 aromatic carbocycles. The van der Waals surface area contributed by atoms with E-state index in [1.165, 1.54) is 4.09 Å². The van der Waals surface area contributed by atoms with Crippen LogP contribution in [0.4, 0.5) is 0 Å². The third-order valence-corrected chi connectivity index (χ3v) is 6.73. The van der Waals surface area contributed by atoms with Crippen molar-refractivity contribution in [1.29, 1.82) is 0 Å². The number of hydrogen-bond acceptors (Lipinski definition) is 3. The Kier molecular flexibility index (Phi) is 5.42. The van der Waals surface area contributed by atoms with E-state index in [1.807, 2.05) is 41.0 Å². The summed E-state index contributed by atoms with van der Waals surface area (Å²) in [6.45, 7) is 3.24. The summed E-state index contributed by atoms with van der Waals surface area (Å²) in [6.07, 6.45) is 2.79. The molecule has 0 radical (unpaired) electrons. The molecule has 0 aliphatic carbocycles. The molecule has 1 fully saturated rings. The highest BCUT2D eigenvalue weighted by atomic mass is 35.5. The highest BCUT2D eigenvalue weighted by Gasteiger charge is 2.25. The molecule has 1 atom stereocenters. The number of benzene rings is 2. The van der Waals surface area contributed by atoms with Crippen LogP contribution < -0.4 is 11.4 Å². The minimum absolute atomic E-state index is 0.0840. The number of likely N-dealkylation sites (tertiary alicyclic amines) is 1. The summed E-state index contributed by atoms with van der Waals surface area (Å²) in [6, 6.07) is 13.1. The Balaban J connectivity index is 1.30. The lowest BCUT2D eigenvalue weighted by atomic mass is 10.0. The van der Waals surface area contributed by atoms with Crippen molar-refractivity contribution in [1.82, 2.24) is 23.1 Å². The number of hydrogen-bond donors (Lipinski definition) is 1. The van der Waals surface area contributed by atoms with Gasteiger partial charge in [0.15, 0.2) is 0 Å². The molecule has 4 aromatic rings. The molecule has 162 valence electrons. The van der Waals surface area contributed by atoms with Crippen LogP contribution in [0.15, 0.2) is 52.1 Å². The summed E-state index contributed by atoms with van der Waals surface area (Å²) in [7, 11) is 0. The van der Waals surface area contributed by atoms with Gasteiger partial charge in [-0.2, -0.15) is 0 Å². The Morgan fingerprint density at radius 3 is 2.68 bits per heavy atom. The van der Waals surface area contributed by atoms with Crippen molar-refractivity contribution >= 4 is 45.4 Å². The van der Waals surface area contributed by atoms with Gasteiger partial charge in [-0.1, -0.05) is 23.7 Å². The van der Waals surface area contributed by atoms with E-state index in [-0.39, 0.29) is 17.4 Å². The first-order valence-corrected chi connectivity index (χ1v) is 11.2. The van der Waals surface area contributed by atoms with Gasteiger partial charge in [0.1, 0.15) is 0 Å². The van der Waals surface area contributed by atoms with E-state index >= 15 is 0 Å². The molecule has 1 saturated heterocycles. The summed E-state index contributed by atoms with van der Waals surface area (Å²) >= 11 is 12.4. The molecule has 7 nitrogen and oxygen atoms in total. The molecule has 9 heteroatoms. The third-order valence-electron chi connectivity index (χ3n) is 6.17. The number of aromatic nitrogens is 4. The third kappa shape index (κ3) is 3.71. The lowest BCUT2D eigenvalue weighted by Gasteiger charge is -2.33. The van der Waals surface area contributed by atoms with Crippen LogP contribution in [-0.2, 0) is 6.54 Å². The fourth-order valence-corrected chi connectivity index (χ4v) is 5.12. The molecule has 1 aliphatic heterocycles. The van der Waals surface area contributed by atoms with E-state index in [9.17, 15) is 9.59 Å². The largest absolute Gasteiger partial charge is 0.344 e. The smallest absolute Gasteiger partial charge is 0.306 e. The van der Waals surface area contributed by atoms with Gasteiger partial charge in [-0.15, -0.1) is 0 Å². The number of para-hydroxylation sites is 2. The first-order valence-electron chi connectivity index (χ1n) is 10.5. The highest BCUT2D eigenvalue weighted by Crippen LogP contribution is 2.25. The van der Waals surface area contributed by atoms with Gasteiger partial charge in [-0.25, -0.2) is 13.7 Å². The Morgan fingerprint density at radius 2 is 1.84 bits per heavy atom. The molecule has 5 rings (SSSR count). The zero-order valence-corrected chi connectivity index (χ0v) is 18.4. The average Bonchev–Trinajstić information content (AvgIpc) is 3.21. The number of aromatic amines is 1. The Labute approximate surface area is 188 Å². The molecule has 0 bridgehead atoms. The lowest BCUT2D eigenvalue weighted by molar-refractivity contribution is 0.173. The second kappa shape index (κ2) is 8.22. The second-order valence-corrected chi connectivity index (χ2v) is 8.89. The minimum atomic E-state index is -0.183. The maximum atomic E-state index is 12.8. The van der Waals surface area contributed by atoms with Gasteiger partial charge >= 0.3 is 11.4 Å². The number of aryl methyl sites for hydroxylation is 1. The maximum absolute atomic E-state index is 12.8. The first-order chi connectivity index (χ1) is 15.0. The van der Waals surface area contributed by atoms with E-state index in [0.29, 0.717) is 11.6 Å². The molecule has 3 heterocycles. The molecule has 1 aliphatic rings. The summed E-state index contributed by atoms with van der Waals surface area (Å²) in [4.78, 5) is 30.4. The van der Waals surface area contributed by atoms with Gasteiger partial charge in [0.05, 0.1) is 28.1 Å². The molecular formula is C22H23Cl2N5O2. The quantitative estimate of drug-likeness (QED) is 0.492. The van der Waals surface area contributed by atoms with Gasteiger partial charge < -0.3 is 9.88 Å². The summed E-state index contributed by atoms with van der Waals surface area (Å²) < 4.78 is 4.79. The van der Waals surface area contributed by atoms with Crippen molar-refractivity contribution in [3.05, 3.63) is 68.5 Å². The molecule has 0 spiro atoms. The Bertz CT molecular complexity index is 1370. The zero-order valence-electron chi connectivity index (χ0n) is 16.9. The monoisotopic (exact) mass is 459 g/mol. The van der Waals surface area contributed by atoms with E-state index in [4.69, 9.17) is 23.4 Å². The minimum Gasteiger partial charge on any atom is -0.306 e. The average molecular weight is 460 g/mol. The topological polar surface area (TPSA) is 68.0 Å². The van der Waals surface area contributed by atoms with Crippen molar-refractivity contribution in [3.8, 4) is 0 Å². The molecule has 1 unspecified atom stereocenters. The summed E-state index contributed by atoms with van der Waals surface area (Å²) in [5.74, 6) is 0. The van der Waals surface area contributed by atoms with Crippen molar-refractivity contribution < 1.29 is 0 Å². The fraction of sp³-hybridized carbons (Fsp3) is 0.364. The van der Waals surface area contributed by atoms with Crippen molar-refractivity contribution in [2.75, 3.05) is 19.6 Å². The van der Waals surface area contributed by atoms with Gasteiger partial charge in [0.25, 0.3) is 0 Å². The first kappa shape index (κ1) is 20.4. The number of H-pyrrole nitrogens is 1. The van der Waals surface area contributed by atoms with Crippen LogP contribution in [0.25, 0.3) is 22.1 Å². The van der Waals surface area contributed by atoms with Crippen molar-refractivity contribution in [2.45, 2.75) is 31.8 Å². The van der Waals surface area contributed by atoms with E-state index in [0.717, 1.165) is 61.0 Å². The van der Waals surface area contributed by atoms with Crippen molar-refractivity contribution in [2.24, 2.45) is 0 Å². The zero-order chi connectivity index (χ0) is 21.5. The number of nitrogens with zero attached hydrogens (tertiary/aromatic N) is 4. The number of nitrogens with one attached hydrogen (secondary N) is 1. The number of halogens is 2. The predicted octanol–water partition coefficient (Wildman–Crippen LogP) is 3.83. The van der Waals surface area contributed by atoms with Gasteiger partial charge in [0, 0.05) is 29.9 Å². The summed E-state index contributed by atoms with van der Waals surface area (Å²) in [5, 5.41) is 0.614. The lowest BCUT2D eigenvalue weighted by Crippen LogP contribution is -2.40. The number of piperidine rings is 1. The molecule has 1 N–H and O–H groups in total. The van der Waals surface area contributed by atoms with Gasteiger partial charge in [-0.05, 0) is 62.7 Å². The van der Waals surface area contributed by atoms with Gasteiger partial charge in [0.2, 0.25) is 0 Å². The molecule has 2 aromatic heterocycles.